The molecule has 110 valence electrons. The summed E-state index contributed by atoms with van der Waals surface area (Å²) in [6, 6.07) is 17.3. The van der Waals surface area contributed by atoms with Crippen LogP contribution < -0.4 is 10.6 Å². The zero-order chi connectivity index (χ0) is 15.1. The predicted octanol–water partition coefficient (Wildman–Crippen LogP) is 4.02. The Morgan fingerprint density at radius 3 is 2.38 bits per heavy atom. The Morgan fingerprint density at radius 2 is 1.76 bits per heavy atom. The van der Waals surface area contributed by atoms with E-state index in [0.29, 0.717) is 5.02 Å². The molecule has 2 aromatic carbocycles. The molecule has 1 atom stereocenters. The van der Waals surface area contributed by atoms with Crippen molar-refractivity contribution in [1.82, 2.24) is 5.32 Å². The molecule has 0 spiro atoms. The standard InChI is InChI=1S/C17H19ClN2O/c1-2-16(13-6-4-3-5-7-13)20-17(21)12-19-15-10-8-14(18)9-11-15/h3-11,16,19H,2,12H2,1H3,(H,20,21). The van der Waals surface area contributed by atoms with Gasteiger partial charge < -0.3 is 10.6 Å². The van der Waals surface area contributed by atoms with Crippen molar-refractivity contribution in [1.29, 1.82) is 0 Å². The minimum atomic E-state index is -0.0272. The molecule has 0 radical (unpaired) electrons. The van der Waals surface area contributed by atoms with Crippen molar-refractivity contribution in [2.75, 3.05) is 11.9 Å². The first-order valence-electron chi connectivity index (χ1n) is 7.02. The zero-order valence-electron chi connectivity index (χ0n) is 12.0. The molecule has 0 aliphatic rings. The van der Waals surface area contributed by atoms with Crippen LogP contribution in [0.5, 0.6) is 0 Å². The Kier molecular flexibility index (Phi) is 5.64. The summed E-state index contributed by atoms with van der Waals surface area (Å²) in [5.41, 5.74) is 2.00. The third kappa shape index (κ3) is 4.80. The number of nitrogens with one attached hydrogen (secondary N) is 2. The molecule has 0 aromatic heterocycles. The highest BCUT2D eigenvalue weighted by Crippen LogP contribution is 2.16. The molecule has 0 aliphatic heterocycles. The second-order valence-electron chi connectivity index (χ2n) is 4.80. The number of carbonyl (C=O) groups is 1. The second kappa shape index (κ2) is 7.70. The number of rotatable bonds is 6. The van der Waals surface area contributed by atoms with Crippen LogP contribution in [0.25, 0.3) is 0 Å². The van der Waals surface area contributed by atoms with Crippen LogP contribution in [0.1, 0.15) is 24.9 Å². The van der Waals surface area contributed by atoms with Crippen LogP contribution in [0.2, 0.25) is 5.02 Å². The molecule has 0 bridgehead atoms. The molecule has 2 N–H and O–H groups in total. The largest absolute Gasteiger partial charge is 0.376 e. The highest BCUT2D eigenvalue weighted by atomic mass is 35.5. The van der Waals surface area contributed by atoms with Crippen molar-refractivity contribution in [2.45, 2.75) is 19.4 Å². The summed E-state index contributed by atoms with van der Waals surface area (Å²) in [7, 11) is 0. The van der Waals surface area contributed by atoms with Crippen molar-refractivity contribution in [3.8, 4) is 0 Å². The molecular weight excluding hydrogens is 284 g/mol. The van der Waals surface area contributed by atoms with Crippen molar-refractivity contribution < 1.29 is 4.79 Å². The summed E-state index contributed by atoms with van der Waals surface area (Å²) in [5.74, 6) is -0.0272. The van der Waals surface area contributed by atoms with Gasteiger partial charge in [0, 0.05) is 10.7 Å². The van der Waals surface area contributed by atoms with Crippen LogP contribution in [0.4, 0.5) is 5.69 Å². The highest BCUT2D eigenvalue weighted by Gasteiger charge is 2.11. The van der Waals surface area contributed by atoms with Gasteiger partial charge in [-0.3, -0.25) is 4.79 Å². The molecule has 0 heterocycles. The van der Waals surface area contributed by atoms with Gasteiger partial charge in [0.25, 0.3) is 0 Å². The fourth-order valence-electron chi connectivity index (χ4n) is 2.10. The smallest absolute Gasteiger partial charge is 0.239 e. The Bertz CT molecular complexity index is 569. The molecule has 4 heteroatoms. The third-order valence-electron chi connectivity index (χ3n) is 3.24. The number of amides is 1. The molecule has 0 fully saturated rings. The first-order valence-corrected chi connectivity index (χ1v) is 7.40. The predicted molar refractivity (Wildman–Crippen MR) is 87.6 cm³/mol. The lowest BCUT2D eigenvalue weighted by Gasteiger charge is -2.18. The van der Waals surface area contributed by atoms with E-state index >= 15 is 0 Å². The van der Waals surface area contributed by atoms with E-state index in [9.17, 15) is 4.79 Å². The monoisotopic (exact) mass is 302 g/mol. The van der Waals surface area contributed by atoms with Crippen molar-refractivity contribution >= 4 is 23.2 Å². The number of hydrogen-bond acceptors (Lipinski definition) is 2. The number of benzene rings is 2. The Hall–Kier alpha value is -2.00. The molecule has 0 saturated heterocycles. The van der Waals surface area contributed by atoms with E-state index in [-0.39, 0.29) is 18.5 Å². The number of anilines is 1. The summed E-state index contributed by atoms with van der Waals surface area (Å²) >= 11 is 5.82. The fraction of sp³-hybridized carbons (Fsp3) is 0.235. The van der Waals surface area contributed by atoms with Crippen LogP contribution in [-0.2, 0) is 4.79 Å². The number of halogens is 1. The van der Waals surface area contributed by atoms with Gasteiger partial charge in [0.15, 0.2) is 0 Å². The van der Waals surface area contributed by atoms with Crippen molar-refractivity contribution in [2.24, 2.45) is 0 Å². The van der Waals surface area contributed by atoms with Gasteiger partial charge in [-0.15, -0.1) is 0 Å². The number of carbonyl (C=O) groups excluding carboxylic acids is 1. The van der Waals surface area contributed by atoms with Gasteiger partial charge in [0.1, 0.15) is 0 Å². The van der Waals surface area contributed by atoms with Gasteiger partial charge >= 0.3 is 0 Å². The van der Waals surface area contributed by atoms with E-state index in [4.69, 9.17) is 11.6 Å². The zero-order valence-corrected chi connectivity index (χ0v) is 12.7. The maximum Gasteiger partial charge on any atom is 0.239 e. The van der Waals surface area contributed by atoms with Gasteiger partial charge in [0.2, 0.25) is 5.91 Å². The number of hydrogen-bond donors (Lipinski definition) is 2. The van der Waals surface area contributed by atoms with Crippen LogP contribution in [0.3, 0.4) is 0 Å². The van der Waals surface area contributed by atoms with Gasteiger partial charge in [-0.05, 0) is 36.2 Å². The summed E-state index contributed by atoms with van der Waals surface area (Å²) in [5, 5.41) is 6.80. The van der Waals surface area contributed by atoms with E-state index in [0.717, 1.165) is 17.7 Å². The maximum absolute atomic E-state index is 12.0. The van der Waals surface area contributed by atoms with Crippen LogP contribution in [0.15, 0.2) is 54.6 Å². The molecule has 0 saturated carbocycles. The van der Waals surface area contributed by atoms with E-state index in [2.05, 4.69) is 17.6 Å². The molecule has 2 rings (SSSR count). The molecular formula is C17H19ClN2O. The lowest BCUT2D eigenvalue weighted by atomic mass is 10.0. The topological polar surface area (TPSA) is 41.1 Å². The minimum absolute atomic E-state index is 0.0272. The van der Waals surface area contributed by atoms with E-state index < -0.39 is 0 Å². The van der Waals surface area contributed by atoms with Gasteiger partial charge in [-0.1, -0.05) is 48.9 Å². The Labute approximate surface area is 130 Å². The Balaban J connectivity index is 1.87. The van der Waals surface area contributed by atoms with E-state index in [1.54, 1.807) is 12.1 Å². The minimum Gasteiger partial charge on any atom is -0.376 e. The highest BCUT2D eigenvalue weighted by molar-refractivity contribution is 6.30. The SMILES string of the molecule is CCC(NC(=O)CNc1ccc(Cl)cc1)c1ccccc1. The average molecular weight is 303 g/mol. The van der Waals surface area contributed by atoms with Crippen LogP contribution in [-0.4, -0.2) is 12.5 Å². The third-order valence-corrected chi connectivity index (χ3v) is 3.49. The van der Waals surface area contributed by atoms with Crippen molar-refractivity contribution in [3.63, 3.8) is 0 Å². The molecule has 1 amide bonds. The summed E-state index contributed by atoms with van der Waals surface area (Å²) in [6.45, 7) is 2.30. The Morgan fingerprint density at radius 1 is 1.10 bits per heavy atom. The maximum atomic E-state index is 12.0. The fourth-order valence-corrected chi connectivity index (χ4v) is 2.23. The lowest BCUT2D eigenvalue weighted by Crippen LogP contribution is -2.33. The first-order chi connectivity index (χ1) is 10.2. The van der Waals surface area contributed by atoms with Gasteiger partial charge in [0.05, 0.1) is 12.6 Å². The van der Waals surface area contributed by atoms with E-state index in [1.165, 1.54) is 0 Å². The normalized spacial score (nSPS) is 11.7. The molecule has 1 unspecified atom stereocenters. The molecule has 3 nitrogen and oxygen atoms in total. The van der Waals surface area contributed by atoms with Gasteiger partial charge in [-0.25, -0.2) is 0 Å². The quantitative estimate of drug-likeness (QED) is 0.846. The summed E-state index contributed by atoms with van der Waals surface area (Å²) < 4.78 is 0. The average Bonchev–Trinajstić information content (AvgIpc) is 2.53. The van der Waals surface area contributed by atoms with Crippen molar-refractivity contribution in [3.05, 3.63) is 65.2 Å². The van der Waals surface area contributed by atoms with Crippen LogP contribution >= 0.6 is 11.6 Å². The lowest BCUT2D eigenvalue weighted by molar-refractivity contribution is -0.120. The molecule has 21 heavy (non-hydrogen) atoms. The summed E-state index contributed by atoms with van der Waals surface area (Å²) in [6.07, 6.45) is 0.858. The molecule has 2 aromatic rings. The van der Waals surface area contributed by atoms with E-state index in [1.807, 2.05) is 42.5 Å². The second-order valence-corrected chi connectivity index (χ2v) is 5.24. The summed E-state index contributed by atoms with van der Waals surface area (Å²) in [4.78, 5) is 12.0. The molecule has 0 aliphatic carbocycles. The van der Waals surface area contributed by atoms with Crippen LogP contribution in [0, 0.1) is 0 Å². The first kappa shape index (κ1) is 15.4. The van der Waals surface area contributed by atoms with Gasteiger partial charge in [-0.2, -0.15) is 0 Å².